The summed E-state index contributed by atoms with van der Waals surface area (Å²) in [4.78, 5) is 12.7. The predicted molar refractivity (Wildman–Crippen MR) is 119 cm³/mol. The number of thiophene rings is 1. The zero-order chi connectivity index (χ0) is 19.3. The Kier molecular flexibility index (Phi) is 6.24. The molecule has 0 radical (unpaired) electrons. The number of hydrogen-bond acceptors (Lipinski definition) is 6. The Hall–Kier alpha value is -1.96. The summed E-state index contributed by atoms with van der Waals surface area (Å²) in [5.41, 5.74) is 2.95. The summed E-state index contributed by atoms with van der Waals surface area (Å²) in [5, 5.41) is 3.28. The first-order chi connectivity index (χ1) is 13.7. The molecule has 1 N–H and O–H groups in total. The van der Waals surface area contributed by atoms with E-state index in [1.165, 1.54) is 25.9 Å². The van der Waals surface area contributed by atoms with Crippen molar-refractivity contribution in [3.05, 3.63) is 51.9 Å². The molecule has 0 bridgehead atoms. The number of likely N-dealkylation sites (tertiary alicyclic amines) is 1. The van der Waals surface area contributed by atoms with Gasteiger partial charge in [-0.15, -0.1) is 11.3 Å². The summed E-state index contributed by atoms with van der Waals surface area (Å²) < 4.78 is 6.96. The van der Waals surface area contributed by atoms with Crippen LogP contribution in [-0.4, -0.2) is 41.1 Å². The van der Waals surface area contributed by atoms with E-state index >= 15 is 0 Å². The molecule has 28 heavy (non-hydrogen) atoms. The number of anilines is 2. The molecule has 1 aromatic carbocycles. The van der Waals surface area contributed by atoms with E-state index in [1.54, 1.807) is 11.3 Å². The monoisotopic (exact) mass is 458 g/mol. The van der Waals surface area contributed by atoms with Crippen LogP contribution in [0.1, 0.15) is 18.4 Å². The number of aromatic nitrogens is 2. The Labute approximate surface area is 177 Å². The average Bonchev–Trinajstić information content (AvgIpc) is 3.36. The molecule has 0 unspecified atom stereocenters. The normalized spacial score (nSPS) is 14.4. The van der Waals surface area contributed by atoms with Crippen molar-refractivity contribution in [1.82, 2.24) is 14.9 Å². The largest absolute Gasteiger partial charge is 0.492 e. The molecule has 1 saturated heterocycles. The molecule has 5 nitrogen and oxygen atoms in total. The Bertz CT molecular complexity index is 922. The molecule has 0 aliphatic carbocycles. The second kappa shape index (κ2) is 9.03. The van der Waals surface area contributed by atoms with E-state index < -0.39 is 0 Å². The first-order valence-electron chi connectivity index (χ1n) is 9.49. The Balaban J connectivity index is 1.37. The average molecular weight is 459 g/mol. The second-order valence-corrected chi connectivity index (χ2v) is 9.34. The highest BCUT2D eigenvalue weighted by Crippen LogP contribution is 2.32. The van der Waals surface area contributed by atoms with E-state index in [2.05, 4.69) is 37.2 Å². The van der Waals surface area contributed by atoms with Gasteiger partial charge in [0.05, 0.1) is 14.4 Å². The van der Waals surface area contributed by atoms with Crippen molar-refractivity contribution in [3.63, 3.8) is 0 Å². The predicted octanol–water partition coefficient (Wildman–Crippen LogP) is 5.49. The quantitative estimate of drug-likeness (QED) is 0.506. The van der Waals surface area contributed by atoms with Crippen molar-refractivity contribution in [2.24, 2.45) is 0 Å². The van der Waals surface area contributed by atoms with Crippen LogP contribution in [0.4, 0.5) is 11.6 Å². The topological polar surface area (TPSA) is 50.3 Å². The van der Waals surface area contributed by atoms with Crippen LogP contribution >= 0.6 is 27.3 Å². The van der Waals surface area contributed by atoms with Crippen LogP contribution in [0.15, 0.2) is 46.4 Å². The van der Waals surface area contributed by atoms with Crippen molar-refractivity contribution < 1.29 is 4.74 Å². The van der Waals surface area contributed by atoms with Crippen LogP contribution in [0.2, 0.25) is 0 Å². The number of benzene rings is 1. The minimum atomic E-state index is 0.591. The van der Waals surface area contributed by atoms with Gasteiger partial charge in [0.15, 0.2) is 0 Å². The van der Waals surface area contributed by atoms with Gasteiger partial charge in [0.25, 0.3) is 0 Å². The van der Waals surface area contributed by atoms with E-state index in [0.717, 1.165) is 44.5 Å². The summed E-state index contributed by atoms with van der Waals surface area (Å²) in [6, 6.07) is 12.1. The van der Waals surface area contributed by atoms with Gasteiger partial charge in [-0.3, -0.25) is 4.90 Å². The lowest BCUT2D eigenvalue weighted by Crippen LogP contribution is -2.25. The van der Waals surface area contributed by atoms with E-state index in [9.17, 15) is 0 Å². The molecule has 0 spiro atoms. The first kappa shape index (κ1) is 19.4. The fourth-order valence-corrected chi connectivity index (χ4v) is 4.70. The summed E-state index contributed by atoms with van der Waals surface area (Å²) in [6.45, 7) is 6.16. The lowest BCUT2D eigenvalue weighted by Gasteiger charge is -2.15. The third kappa shape index (κ3) is 4.90. The number of halogens is 1. The molecule has 0 atom stereocenters. The van der Waals surface area contributed by atoms with Gasteiger partial charge >= 0.3 is 0 Å². The van der Waals surface area contributed by atoms with E-state index in [0.29, 0.717) is 5.95 Å². The number of nitrogens with one attached hydrogen (secondary N) is 1. The molecule has 0 amide bonds. The third-order valence-corrected chi connectivity index (χ3v) is 6.39. The van der Waals surface area contributed by atoms with Gasteiger partial charge in [-0.25, -0.2) is 9.97 Å². The molecule has 3 heterocycles. The summed E-state index contributed by atoms with van der Waals surface area (Å²) in [7, 11) is 0. The maximum absolute atomic E-state index is 5.86. The third-order valence-electron chi connectivity index (χ3n) is 4.76. The highest BCUT2D eigenvalue weighted by molar-refractivity contribution is 9.11. The molecular weight excluding hydrogens is 436 g/mol. The Morgan fingerprint density at radius 2 is 1.93 bits per heavy atom. The standard InChI is InChI=1S/C21H23BrN4OS/c1-15-14-23-21(25-20(15)18-8-9-19(22)28-18)24-16-4-6-17(7-5-16)27-13-12-26-10-2-3-11-26/h4-9,14H,2-3,10-13H2,1H3,(H,23,24,25). The van der Waals surface area contributed by atoms with Crippen LogP contribution in [0.5, 0.6) is 5.75 Å². The smallest absolute Gasteiger partial charge is 0.227 e. The molecular formula is C21H23BrN4OS. The Morgan fingerprint density at radius 3 is 2.64 bits per heavy atom. The lowest BCUT2D eigenvalue weighted by molar-refractivity contribution is 0.238. The maximum atomic E-state index is 5.86. The Morgan fingerprint density at radius 1 is 1.14 bits per heavy atom. The van der Waals surface area contributed by atoms with Crippen LogP contribution in [0.3, 0.4) is 0 Å². The molecule has 1 aliphatic heterocycles. The van der Waals surface area contributed by atoms with Gasteiger partial charge in [0.2, 0.25) is 5.95 Å². The molecule has 1 fully saturated rings. The van der Waals surface area contributed by atoms with Crippen molar-refractivity contribution in [2.45, 2.75) is 19.8 Å². The number of aryl methyl sites for hydroxylation is 1. The summed E-state index contributed by atoms with van der Waals surface area (Å²) in [6.07, 6.45) is 4.48. The molecule has 2 aromatic heterocycles. The van der Waals surface area contributed by atoms with Crippen molar-refractivity contribution in [2.75, 3.05) is 31.6 Å². The SMILES string of the molecule is Cc1cnc(Nc2ccc(OCCN3CCCC3)cc2)nc1-c1ccc(Br)s1. The van der Waals surface area contributed by atoms with Gasteiger partial charge < -0.3 is 10.1 Å². The summed E-state index contributed by atoms with van der Waals surface area (Å²) in [5.74, 6) is 1.48. The van der Waals surface area contributed by atoms with Crippen LogP contribution in [0.25, 0.3) is 10.6 Å². The number of nitrogens with zero attached hydrogens (tertiary/aromatic N) is 3. The van der Waals surface area contributed by atoms with Crippen molar-refractivity contribution in [1.29, 1.82) is 0 Å². The highest BCUT2D eigenvalue weighted by atomic mass is 79.9. The molecule has 4 rings (SSSR count). The van der Waals surface area contributed by atoms with Gasteiger partial charge in [-0.05, 0) is 90.7 Å². The van der Waals surface area contributed by atoms with Gasteiger partial charge in [-0.2, -0.15) is 0 Å². The van der Waals surface area contributed by atoms with E-state index in [4.69, 9.17) is 9.72 Å². The van der Waals surface area contributed by atoms with Gasteiger partial charge in [-0.1, -0.05) is 0 Å². The summed E-state index contributed by atoms with van der Waals surface area (Å²) >= 11 is 5.18. The fourth-order valence-electron chi connectivity index (χ4n) is 3.26. The van der Waals surface area contributed by atoms with Crippen molar-refractivity contribution in [3.8, 4) is 16.3 Å². The number of rotatable bonds is 7. The zero-order valence-corrected chi connectivity index (χ0v) is 18.2. The number of ether oxygens (including phenoxy) is 1. The van der Waals surface area contributed by atoms with Crippen molar-refractivity contribution >= 4 is 38.9 Å². The molecule has 0 saturated carbocycles. The van der Waals surface area contributed by atoms with Gasteiger partial charge in [0, 0.05) is 18.4 Å². The minimum Gasteiger partial charge on any atom is -0.492 e. The fraction of sp³-hybridized carbons (Fsp3) is 0.333. The molecule has 1 aliphatic rings. The first-order valence-corrected chi connectivity index (χ1v) is 11.1. The van der Waals surface area contributed by atoms with Gasteiger partial charge in [0.1, 0.15) is 12.4 Å². The molecule has 7 heteroatoms. The molecule has 3 aromatic rings. The maximum Gasteiger partial charge on any atom is 0.227 e. The number of hydrogen-bond donors (Lipinski definition) is 1. The highest BCUT2D eigenvalue weighted by Gasteiger charge is 2.11. The van der Waals surface area contributed by atoms with Crippen LogP contribution in [0, 0.1) is 6.92 Å². The van der Waals surface area contributed by atoms with Crippen LogP contribution in [-0.2, 0) is 0 Å². The van der Waals surface area contributed by atoms with Crippen LogP contribution < -0.4 is 10.1 Å². The minimum absolute atomic E-state index is 0.591. The zero-order valence-electron chi connectivity index (χ0n) is 15.8. The van der Waals surface area contributed by atoms with E-state index in [-0.39, 0.29) is 0 Å². The lowest BCUT2D eigenvalue weighted by atomic mass is 10.2. The van der Waals surface area contributed by atoms with E-state index in [1.807, 2.05) is 43.5 Å². The molecule has 146 valence electrons. The second-order valence-electron chi connectivity index (χ2n) is 6.88.